The summed E-state index contributed by atoms with van der Waals surface area (Å²) in [6.07, 6.45) is 1.34. The average molecular weight is 253 g/mol. The van der Waals surface area contributed by atoms with Gasteiger partial charge in [0.05, 0.1) is 23.4 Å². The summed E-state index contributed by atoms with van der Waals surface area (Å²) < 4.78 is 25.1. The fraction of sp³-hybridized carbons (Fsp3) is 0.583. The first-order valence-corrected chi connectivity index (χ1v) is 5.88. The van der Waals surface area contributed by atoms with Crippen molar-refractivity contribution in [2.45, 2.75) is 45.5 Å². The van der Waals surface area contributed by atoms with E-state index in [1.165, 1.54) is 12.3 Å². The van der Waals surface area contributed by atoms with Gasteiger partial charge in [0.1, 0.15) is 5.82 Å². The summed E-state index contributed by atoms with van der Waals surface area (Å²) in [4.78, 5) is 4.07. The maximum Gasteiger partial charge on any atom is 0.515 e. The average Bonchev–Trinajstić information content (AvgIpc) is 2.47. The van der Waals surface area contributed by atoms with Crippen molar-refractivity contribution >= 4 is 12.7 Å². The Labute approximate surface area is 106 Å². The molecule has 2 heterocycles. The first-order valence-electron chi connectivity index (χ1n) is 5.88. The molecule has 0 amide bonds. The van der Waals surface area contributed by atoms with Gasteiger partial charge in [-0.25, -0.2) is 4.39 Å². The van der Waals surface area contributed by atoms with Crippen LogP contribution in [-0.4, -0.2) is 28.4 Å². The van der Waals surface area contributed by atoms with Gasteiger partial charge in [-0.15, -0.1) is 0 Å². The highest BCUT2D eigenvalue weighted by atomic mass is 19.1. The number of aromatic nitrogens is 1. The number of aliphatic hydroxyl groups is 1. The van der Waals surface area contributed by atoms with Crippen LogP contribution in [0.4, 0.5) is 4.39 Å². The summed E-state index contributed by atoms with van der Waals surface area (Å²) in [6.45, 7) is 7.20. The van der Waals surface area contributed by atoms with Gasteiger partial charge in [-0.2, -0.15) is 0 Å². The molecule has 98 valence electrons. The lowest BCUT2D eigenvalue weighted by molar-refractivity contribution is 0.00578. The fourth-order valence-corrected chi connectivity index (χ4v) is 1.80. The minimum Gasteiger partial charge on any atom is -0.398 e. The quantitative estimate of drug-likeness (QED) is 0.799. The maximum absolute atomic E-state index is 13.6. The summed E-state index contributed by atoms with van der Waals surface area (Å²) in [5, 5.41) is 9.23. The molecular formula is C12H17BFNO3. The third-order valence-corrected chi connectivity index (χ3v) is 3.67. The van der Waals surface area contributed by atoms with Gasteiger partial charge in [0.25, 0.3) is 0 Å². The van der Waals surface area contributed by atoms with Crippen LogP contribution in [-0.2, 0) is 15.9 Å². The molecule has 0 aromatic carbocycles. The minimum atomic E-state index is -0.757. The number of hydrogen-bond donors (Lipinski definition) is 1. The summed E-state index contributed by atoms with van der Waals surface area (Å²) in [5.41, 5.74) is -0.608. The Morgan fingerprint density at radius 3 is 2.33 bits per heavy atom. The van der Waals surface area contributed by atoms with Gasteiger partial charge in [-0.1, -0.05) is 0 Å². The zero-order valence-corrected chi connectivity index (χ0v) is 11.0. The van der Waals surface area contributed by atoms with Gasteiger partial charge in [-0.3, -0.25) is 4.98 Å². The fourth-order valence-electron chi connectivity index (χ4n) is 1.80. The number of nitrogens with zero attached hydrogens (tertiary/aromatic N) is 1. The van der Waals surface area contributed by atoms with E-state index in [1.54, 1.807) is 0 Å². The number of rotatable bonds is 2. The Balaban J connectivity index is 2.38. The highest BCUT2D eigenvalue weighted by Crippen LogP contribution is 2.36. The Morgan fingerprint density at radius 2 is 1.83 bits per heavy atom. The molecule has 1 aliphatic rings. The predicted octanol–water partition coefficient (Wildman–Crippen LogP) is 1.01. The largest absolute Gasteiger partial charge is 0.515 e. The summed E-state index contributed by atoms with van der Waals surface area (Å²) >= 11 is 0. The van der Waals surface area contributed by atoms with Crippen molar-refractivity contribution in [1.29, 1.82) is 0 Å². The standard InChI is InChI=1S/C12H17BFNO3/c1-11(2)12(3,4)18-13(17-11)10-8(7-16)9(14)5-6-15-10/h5-6,16H,7H2,1-4H3. The molecular weight excluding hydrogens is 236 g/mol. The number of aliphatic hydroxyl groups excluding tert-OH is 1. The molecule has 0 saturated carbocycles. The molecule has 1 saturated heterocycles. The molecule has 18 heavy (non-hydrogen) atoms. The molecule has 0 radical (unpaired) electrons. The summed E-state index contributed by atoms with van der Waals surface area (Å²) in [7, 11) is -0.757. The van der Waals surface area contributed by atoms with E-state index in [0.717, 1.165) is 0 Å². The molecule has 0 unspecified atom stereocenters. The monoisotopic (exact) mass is 253 g/mol. The zero-order chi connectivity index (χ0) is 13.6. The van der Waals surface area contributed by atoms with Crippen molar-refractivity contribution in [3.8, 4) is 0 Å². The SMILES string of the molecule is CC1(C)OB(c2nccc(F)c2CO)OC1(C)C. The van der Waals surface area contributed by atoms with Crippen LogP contribution in [0.25, 0.3) is 0 Å². The van der Waals surface area contributed by atoms with E-state index in [2.05, 4.69) is 4.98 Å². The van der Waals surface area contributed by atoms with Crippen LogP contribution in [0.15, 0.2) is 12.3 Å². The van der Waals surface area contributed by atoms with E-state index >= 15 is 0 Å². The van der Waals surface area contributed by atoms with Gasteiger partial charge < -0.3 is 14.4 Å². The lowest BCUT2D eigenvalue weighted by Crippen LogP contribution is -2.41. The van der Waals surface area contributed by atoms with Crippen LogP contribution in [0, 0.1) is 5.82 Å². The normalized spacial score (nSPS) is 21.3. The highest BCUT2D eigenvalue weighted by molar-refractivity contribution is 6.61. The Kier molecular flexibility index (Phi) is 3.21. The van der Waals surface area contributed by atoms with E-state index in [1.807, 2.05) is 27.7 Å². The van der Waals surface area contributed by atoms with Crippen LogP contribution in [0.1, 0.15) is 33.3 Å². The van der Waals surface area contributed by atoms with Gasteiger partial charge >= 0.3 is 7.12 Å². The minimum absolute atomic E-state index is 0.121. The van der Waals surface area contributed by atoms with Crippen molar-refractivity contribution in [3.05, 3.63) is 23.6 Å². The van der Waals surface area contributed by atoms with Crippen LogP contribution in [0.5, 0.6) is 0 Å². The van der Waals surface area contributed by atoms with E-state index in [4.69, 9.17) is 9.31 Å². The molecule has 0 spiro atoms. The van der Waals surface area contributed by atoms with Gasteiger partial charge in [0, 0.05) is 11.8 Å². The number of hydrogen-bond acceptors (Lipinski definition) is 4. The topological polar surface area (TPSA) is 51.6 Å². The molecule has 0 atom stereocenters. The Hall–Kier alpha value is -0.975. The molecule has 1 aromatic heterocycles. The first-order chi connectivity index (χ1) is 8.28. The van der Waals surface area contributed by atoms with E-state index in [-0.39, 0.29) is 5.56 Å². The van der Waals surface area contributed by atoms with Crippen molar-refractivity contribution in [3.63, 3.8) is 0 Å². The molecule has 1 aliphatic heterocycles. The zero-order valence-electron chi connectivity index (χ0n) is 11.0. The molecule has 0 bridgehead atoms. The van der Waals surface area contributed by atoms with Gasteiger partial charge in [0.15, 0.2) is 0 Å². The van der Waals surface area contributed by atoms with Crippen molar-refractivity contribution in [2.75, 3.05) is 0 Å². The molecule has 4 nitrogen and oxygen atoms in total. The van der Waals surface area contributed by atoms with Crippen LogP contribution < -0.4 is 5.59 Å². The van der Waals surface area contributed by atoms with Gasteiger partial charge in [0.2, 0.25) is 0 Å². The van der Waals surface area contributed by atoms with Crippen molar-refractivity contribution in [1.82, 2.24) is 4.98 Å². The second-order valence-corrected chi connectivity index (χ2v) is 5.40. The summed E-state index contributed by atoms with van der Waals surface area (Å²) in [6, 6.07) is 1.21. The van der Waals surface area contributed by atoms with Crippen LogP contribution in [0.3, 0.4) is 0 Å². The lowest BCUT2D eigenvalue weighted by atomic mass is 9.81. The number of halogens is 1. The maximum atomic E-state index is 13.6. The smallest absolute Gasteiger partial charge is 0.398 e. The molecule has 2 rings (SSSR count). The predicted molar refractivity (Wildman–Crippen MR) is 65.8 cm³/mol. The van der Waals surface area contributed by atoms with E-state index in [9.17, 15) is 9.50 Å². The molecule has 6 heteroatoms. The lowest BCUT2D eigenvalue weighted by Gasteiger charge is -2.32. The second-order valence-electron chi connectivity index (χ2n) is 5.40. The second kappa shape index (κ2) is 4.29. The van der Waals surface area contributed by atoms with Crippen molar-refractivity contribution in [2.24, 2.45) is 0 Å². The summed E-state index contributed by atoms with van der Waals surface area (Å²) in [5.74, 6) is -0.503. The molecule has 1 aromatic rings. The highest BCUT2D eigenvalue weighted by Gasteiger charge is 2.53. The van der Waals surface area contributed by atoms with E-state index < -0.39 is 30.7 Å². The van der Waals surface area contributed by atoms with Crippen LogP contribution >= 0.6 is 0 Å². The Bertz CT molecular complexity index is 449. The first kappa shape index (κ1) is 13.5. The van der Waals surface area contributed by atoms with E-state index in [0.29, 0.717) is 5.59 Å². The van der Waals surface area contributed by atoms with Crippen LogP contribution in [0.2, 0.25) is 0 Å². The molecule has 1 N–H and O–H groups in total. The molecule has 1 fully saturated rings. The van der Waals surface area contributed by atoms with Gasteiger partial charge in [-0.05, 0) is 33.8 Å². The van der Waals surface area contributed by atoms with Crippen molar-refractivity contribution < 1.29 is 18.8 Å². The molecule has 0 aliphatic carbocycles. The Morgan fingerprint density at radius 1 is 1.28 bits per heavy atom. The number of pyridine rings is 1. The third kappa shape index (κ3) is 2.04. The third-order valence-electron chi connectivity index (χ3n) is 3.67.